The molecule has 1 aromatic carbocycles. The molecule has 21 heavy (non-hydrogen) atoms. The number of ether oxygens (including phenoxy) is 2. The third-order valence-electron chi connectivity index (χ3n) is 2.72. The Kier molecular flexibility index (Phi) is 7.35. The number of carbonyl (C=O) groups excluding carboxylic acids is 1. The first kappa shape index (κ1) is 17.6. The van der Waals surface area contributed by atoms with Gasteiger partial charge in [-0.15, -0.1) is 0 Å². The van der Waals surface area contributed by atoms with Crippen molar-refractivity contribution in [3.8, 4) is 0 Å². The topological polar surface area (TPSA) is 89.9 Å². The Labute approximate surface area is 124 Å². The van der Waals surface area contributed by atoms with E-state index in [1.807, 2.05) is 6.92 Å². The highest BCUT2D eigenvalue weighted by Crippen LogP contribution is 2.13. The third kappa shape index (κ3) is 6.24. The molecule has 0 aliphatic carbocycles. The van der Waals surface area contributed by atoms with Crippen LogP contribution in [0, 0.1) is 0 Å². The smallest absolute Gasteiger partial charge is 0.321 e. The molecule has 0 radical (unpaired) electrons. The fraction of sp³-hybridized carbons (Fsp3) is 0.500. The first-order chi connectivity index (χ1) is 9.99. The zero-order valence-electron chi connectivity index (χ0n) is 11.9. The van der Waals surface area contributed by atoms with E-state index in [-0.39, 0.29) is 31.3 Å². The van der Waals surface area contributed by atoms with E-state index in [4.69, 9.17) is 14.6 Å². The molecule has 0 aliphatic rings. The van der Waals surface area contributed by atoms with Crippen LogP contribution in [-0.4, -0.2) is 51.7 Å². The van der Waals surface area contributed by atoms with Crippen molar-refractivity contribution in [3.63, 3.8) is 0 Å². The summed E-state index contributed by atoms with van der Waals surface area (Å²) in [6, 6.07) is 6.43. The van der Waals surface area contributed by atoms with E-state index in [9.17, 15) is 13.2 Å². The van der Waals surface area contributed by atoms with Crippen LogP contribution in [0.3, 0.4) is 0 Å². The van der Waals surface area contributed by atoms with Gasteiger partial charge in [-0.05, 0) is 24.1 Å². The Bertz CT molecular complexity index is 535. The van der Waals surface area contributed by atoms with E-state index in [1.54, 1.807) is 12.1 Å². The minimum Gasteiger partial charge on any atom is -0.462 e. The summed E-state index contributed by atoms with van der Waals surface area (Å²) in [5.41, 5.74) is 1.03. The number of rotatable bonds is 9. The van der Waals surface area contributed by atoms with Crippen LogP contribution in [0.2, 0.25) is 0 Å². The number of aliphatic hydroxyl groups excluding tert-OH is 1. The van der Waals surface area contributed by atoms with Crippen LogP contribution in [0.4, 0.5) is 0 Å². The van der Waals surface area contributed by atoms with E-state index in [0.717, 1.165) is 12.0 Å². The van der Waals surface area contributed by atoms with Crippen molar-refractivity contribution in [2.45, 2.75) is 18.2 Å². The number of hydrogen-bond donors (Lipinski definition) is 1. The van der Waals surface area contributed by atoms with E-state index in [2.05, 4.69) is 0 Å². The van der Waals surface area contributed by atoms with Crippen LogP contribution in [0.15, 0.2) is 29.2 Å². The zero-order chi connectivity index (χ0) is 15.7. The Balaban J connectivity index is 2.49. The van der Waals surface area contributed by atoms with Crippen molar-refractivity contribution in [2.24, 2.45) is 0 Å². The van der Waals surface area contributed by atoms with Crippen molar-refractivity contribution in [3.05, 3.63) is 29.8 Å². The van der Waals surface area contributed by atoms with Crippen molar-refractivity contribution < 1.29 is 27.8 Å². The molecule has 0 aromatic heterocycles. The number of esters is 1. The molecule has 1 N–H and O–H groups in total. The number of aryl methyl sites for hydroxylation is 1. The third-order valence-corrected chi connectivity index (χ3v) is 4.33. The van der Waals surface area contributed by atoms with Crippen molar-refractivity contribution in [1.29, 1.82) is 0 Å². The van der Waals surface area contributed by atoms with Gasteiger partial charge in [-0.3, -0.25) is 4.79 Å². The maximum absolute atomic E-state index is 12.0. The molecule has 1 rings (SSSR count). The maximum atomic E-state index is 12.0. The standard InChI is InChI=1S/C14H20O6S/c1-2-12-3-5-13(6-4-12)21(17,18)11-14(16)20-10-9-19-8-7-15/h3-6,15H,2,7-11H2,1H3. The Hall–Kier alpha value is -1.44. The molecule has 6 nitrogen and oxygen atoms in total. The van der Waals surface area contributed by atoms with Crippen molar-refractivity contribution in [1.82, 2.24) is 0 Å². The minimum absolute atomic E-state index is 0.0386. The summed E-state index contributed by atoms with van der Waals surface area (Å²) in [5, 5.41) is 8.48. The number of hydrogen-bond acceptors (Lipinski definition) is 6. The molecule has 7 heteroatoms. The second-order valence-corrected chi connectivity index (χ2v) is 6.30. The second kappa shape index (κ2) is 8.76. The van der Waals surface area contributed by atoms with Gasteiger partial charge in [0.25, 0.3) is 0 Å². The summed E-state index contributed by atoms with van der Waals surface area (Å²) in [6.07, 6.45) is 0.816. The molecule has 0 unspecified atom stereocenters. The van der Waals surface area contributed by atoms with Gasteiger partial charge in [0, 0.05) is 0 Å². The Morgan fingerprint density at radius 1 is 1.14 bits per heavy atom. The minimum atomic E-state index is -3.69. The molecule has 0 amide bonds. The van der Waals surface area contributed by atoms with Crippen molar-refractivity contribution in [2.75, 3.05) is 32.2 Å². The van der Waals surface area contributed by atoms with Gasteiger partial charge in [0.2, 0.25) is 0 Å². The van der Waals surface area contributed by atoms with Gasteiger partial charge in [-0.2, -0.15) is 0 Å². The molecular formula is C14H20O6S. The highest BCUT2D eigenvalue weighted by atomic mass is 32.2. The molecule has 0 aliphatic heterocycles. The lowest BCUT2D eigenvalue weighted by molar-refractivity contribution is -0.142. The van der Waals surface area contributed by atoms with Crippen molar-refractivity contribution >= 4 is 15.8 Å². The molecule has 0 spiro atoms. The molecule has 0 bridgehead atoms. The molecule has 0 atom stereocenters. The van der Waals surface area contributed by atoms with Gasteiger partial charge in [0.15, 0.2) is 15.6 Å². The number of aliphatic hydroxyl groups is 1. The van der Waals surface area contributed by atoms with Gasteiger partial charge in [-0.25, -0.2) is 8.42 Å². The van der Waals surface area contributed by atoms with E-state index in [1.165, 1.54) is 12.1 Å². The quantitative estimate of drug-likeness (QED) is 0.529. The molecule has 118 valence electrons. The van der Waals surface area contributed by atoms with Crippen LogP contribution in [0.25, 0.3) is 0 Å². The van der Waals surface area contributed by atoms with Crippen LogP contribution in [0.1, 0.15) is 12.5 Å². The normalized spacial score (nSPS) is 11.3. The highest BCUT2D eigenvalue weighted by Gasteiger charge is 2.20. The van der Waals surface area contributed by atoms with E-state index in [0.29, 0.717) is 0 Å². The molecule has 0 fully saturated rings. The van der Waals surface area contributed by atoms with E-state index < -0.39 is 21.6 Å². The largest absolute Gasteiger partial charge is 0.462 e. The second-order valence-electron chi connectivity index (χ2n) is 4.31. The summed E-state index contributed by atoms with van der Waals surface area (Å²) in [4.78, 5) is 11.6. The van der Waals surface area contributed by atoms with Crippen LogP contribution < -0.4 is 0 Å². The Morgan fingerprint density at radius 3 is 2.38 bits per heavy atom. The lowest BCUT2D eigenvalue weighted by Crippen LogP contribution is -2.20. The molecule has 1 aromatic rings. The summed E-state index contributed by atoms with van der Waals surface area (Å²) in [7, 11) is -3.69. The first-order valence-corrected chi connectivity index (χ1v) is 8.30. The van der Waals surface area contributed by atoms with Gasteiger partial charge in [-0.1, -0.05) is 19.1 Å². The summed E-state index contributed by atoms with van der Waals surface area (Å²) >= 11 is 0. The Morgan fingerprint density at radius 2 is 1.81 bits per heavy atom. The highest BCUT2D eigenvalue weighted by molar-refractivity contribution is 7.92. The molecular weight excluding hydrogens is 296 g/mol. The SMILES string of the molecule is CCc1ccc(S(=O)(=O)CC(=O)OCCOCCO)cc1. The summed E-state index contributed by atoms with van der Waals surface area (Å²) in [6.45, 7) is 2.09. The summed E-state index contributed by atoms with van der Waals surface area (Å²) < 4.78 is 33.7. The fourth-order valence-electron chi connectivity index (χ4n) is 1.59. The van der Waals surface area contributed by atoms with Gasteiger partial charge >= 0.3 is 5.97 Å². The number of carbonyl (C=O) groups is 1. The molecule has 0 heterocycles. The van der Waals surface area contributed by atoms with Crippen LogP contribution >= 0.6 is 0 Å². The molecule has 0 saturated heterocycles. The lowest BCUT2D eigenvalue weighted by atomic mass is 10.2. The zero-order valence-corrected chi connectivity index (χ0v) is 12.8. The van der Waals surface area contributed by atoms with Crippen LogP contribution in [-0.2, 0) is 30.5 Å². The molecule has 0 saturated carbocycles. The lowest BCUT2D eigenvalue weighted by Gasteiger charge is -2.07. The maximum Gasteiger partial charge on any atom is 0.321 e. The number of benzene rings is 1. The average Bonchev–Trinajstić information content (AvgIpc) is 2.46. The fourth-order valence-corrected chi connectivity index (χ4v) is 2.70. The average molecular weight is 316 g/mol. The monoisotopic (exact) mass is 316 g/mol. The predicted octanol–water partition coefficient (Wildman–Crippen LogP) is 0.575. The van der Waals surface area contributed by atoms with Gasteiger partial charge in [0.1, 0.15) is 6.61 Å². The van der Waals surface area contributed by atoms with Gasteiger partial charge < -0.3 is 14.6 Å². The first-order valence-electron chi connectivity index (χ1n) is 6.65. The van der Waals surface area contributed by atoms with Crippen LogP contribution in [0.5, 0.6) is 0 Å². The van der Waals surface area contributed by atoms with E-state index >= 15 is 0 Å². The number of sulfone groups is 1. The predicted molar refractivity (Wildman–Crippen MR) is 76.7 cm³/mol. The summed E-state index contributed by atoms with van der Waals surface area (Å²) in [5.74, 6) is -1.51. The van der Waals surface area contributed by atoms with Gasteiger partial charge in [0.05, 0.1) is 24.7 Å².